The van der Waals surface area contributed by atoms with Crippen LogP contribution in [-0.2, 0) is 0 Å². The van der Waals surface area contributed by atoms with E-state index < -0.39 is 0 Å². The molecule has 1 N–H and O–H groups in total. The number of aliphatic hydroxyl groups excluding tert-OH is 1. The van der Waals surface area contributed by atoms with Gasteiger partial charge in [-0.2, -0.15) is 0 Å². The summed E-state index contributed by atoms with van der Waals surface area (Å²) in [6.07, 6.45) is 0. The second-order valence-electron chi connectivity index (χ2n) is 4.72. The van der Waals surface area contributed by atoms with Gasteiger partial charge in [0.15, 0.2) is 0 Å². The fourth-order valence-corrected chi connectivity index (χ4v) is 2.15. The van der Waals surface area contributed by atoms with E-state index in [-0.39, 0.29) is 12.5 Å². The van der Waals surface area contributed by atoms with Gasteiger partial charge in [0.05, 0.1) is 20.3 Å². The Labute approximate surface area is 119 Å². The summed E-state index contributed by atoms with van der Waals surface area (Å²) < 4.78 is 10.9. The van der Waals surface area contributed by atoms with Gasteiger partial charge < -0.3 is 14.6 Å². The first kappa shape index (κ1) is 14.4. The fourth-order valence-electron chi connectivity index (χ4n) is 2.15. The Kier molecular flexibility index (Phi) is 5.02. The highest BCUT2D eigenvalue weighted by molar-refractivity contribution is 5.32. The normalized spacial score (nSPS) is 11.9. The molecular weight excluding hydrogens is 252 g/mol. The maximum absolute atomic E-state index is 9.56. The largest absolute Gasteiger partial charge is 0.497 e. The molecule has 2 rings (SSSR count). The van der Waals surface area contributed by atoms with Crippen molar-refractivity contribution in [1.82, 2.24) is 0 Å². The number of methoxy groups -OCH3 is 1. The molecule has 3 nitrogen and oxygen atoms in total. The third-order valence-electron chi connectivity index (χ3n) is 3.36. The van der Waals surface area contributed by atoms with Crippen LogP contribution in [0.4, 0.5) is 0 Å². The van der Waals surface area contributed by atoms with E-state index in [4.69, 9.17) is 9.47 Å². The highest BCUT2D eigenvalue weighted by atomic mass is 16.5. The maximum Gasteiger partial charge on any atom is 0.119 e. The third-order valence-corrected chi connectivity index (χ3v) is 3.36. The standard InChI is InChI=1S/C17H20O3/c1-13-5-3-4-6-17(13)14(11-18)12-20-16-9-7-15(19-2)8-10-16/h3-10,14,18H,11-12H2,1-2H3. The molecule has 2 aromatic carbocycles. The zero-order chi connectivity index (χ0) is 14.4. The zero-order valence-electron chi connectivity index (χ0n) is 11.9. The molecular formula is C17H20O3. The summed E-state index contributed by atoms with van der Waals surface area (Å²) in [7, 11) is 1.63. The summed E-state index contributed by atoms with van der Waals surface area (Å²) in [6.45, 7) is 2.57. The molecule has 20 heavy (non-hydrogen) atoms. The van der Waals surface area contributed by atoms with E-state index in [1.165, 1.54) is 5.56 Å². The molecule has 3 heteroatoms. The van der Waals surface area contributed by atoms with Gasteiger partial charge in [-0.1, -0.05) is 24.3 Å². The minimum absolute atomic E-state index is 0.0155. The molecule has 0 bridgehead atoms. The third kappa shape index (κ3) is 3.52. The van der Waals surface area contributed by atoms with E-state index >= 15 is 0 Å². The monoisotopic (exact) mass is 272 g/mol. The van der Waals surface area contributed by atoms with E-state index in [0.29, 0.717) is 6.61 Å². The average Bonchev–Trinajstić information content (AvgIpc) is 2.50. The first-order valence-electron chi connectivity index (χ1n) is 6.68. The van der Waals surface area contributed by atoms with E-state index in [2.05, 4.69) is 0 Å². The summed E-state index contributed by atoms with van der Waals surface area (Å²) in [5.41, 5.74) is 2.30. The van der Waals surface area contributed by atoms with Gasteiger partial charge >= 0.3 is 0 Å². The Balaban J connectivity index is 2.02. The molecule has 106 valence electrons. The van der Waals surface area contributed by atoms with Crippen LogP contribution in [0.1, 0.15) is 17.0 Å². The van der Waals surface area contributed by atoms with E-state index in [1.807, 2.05) is 55.5 Å². The van der Waals surface area contributed by atoms with Crippen molar-refractivity contribution in [3.05, 3.63) is 59.7 Å². The smallest absolute Gasteiger partial charge is 0.119 e. The molecule has 0 aliphatic heterocycles. The van der Waals surface area contributed by atoms with Crippen LogP contribution in [0.2, 0.25) is 0 Å². The van der Waals surface area contributed by atoms with Crippen molar-refractivity contribution in [3.63, 3.8) is 0 Å². The molecule has 0 amide bonds. The molecule has 0 spiro atoms. The number of aryl methyl sites for hydroxylation is 1. The lowest BCUT2D eigenvalue weighted by molar-refractivity contribution is 0.204. The van der Waals surface area contributed by atoms with Crippen molar-refractivity contribution < 1.29 is 14.6 Å². The Bertz CT molecular complexity index is 534. The van der Waals surface area contributed by atoms with Crippen LogP contribution in [0.15, 0.2) is 48.5 Å². The lowest BCUT2D eigenvalue weighted by Crippen LogP contribution is -2.15. The molecule has 0 aromatic heterocycles. The van der Waals surface area contributed by atoms with Crippen LogP contribution in [0.25, 0.3) is 0 Å². The lowest BCUT2D eigenvalue weighted by atomic mass is 9.96. The summed E-state index contributed by atoms with van der Waals surface area (Å²) in [6, 6.07) is 15.5. The molecule has 1 unspecified atom stereocenters. The van der Waals surface area contributed by atoms with Crippen LogP contribution in [0.5, 0.6) is 11.5 Å². The van der Waals surface area contributed by atoms with Gasteiger partial charge in [0.25, 0.3) is 0 Å². The van der Waals surface area contributed by atoms with Gasteiger partial charge in [-0.3, -0.25) is 0 Å². The van der Waals surface area contributed by atoms with Crippen LogP contribution in [-0.4, -0.2) is 25.4 Å². The van der Waals surface area contributed by atoms with Gasteiger partial charge in [-0.15, -0.1) is 0 Å². The number of benzene rings is 2. The minimum atomic E-state index is -0.0155. The van der Waals surface area contributed by atoms with E-state index in [1.54, 1.807) is 7.11 Å². The van der Waals surface area contributed by atoms with Gasteiger partial charge in [-0.05, 0) is 42.3 Å². The minimum Gasteiger partial charge on any atom is -0.497 e. The van der Waals surface area contributed by atoms with Crippen molar-refractivity contribution >= 4 is 0 Å². The average molecular weight is 272 g/mol. The van der Waals surface area contributed by atoms with Crippen LogP contribution in [0.3, 0.4) is 0 Å². The van der Waals surface area contributed by atoms with E-state index in [0.717, 1.165) is 17.1 Å². The predicted molar refractivity (Wildman–Crippen MR) is 79.5 cm³/mol. The molecule has 0 radical (unpaired) electrons. The number of rotatable bonds is 6. The fraction of sp³-hybridized carbons (Fsp3) is 0.294. The molecule has 1 atom stereocenters. The molecule has 0 saturated carbocycles. The van der Waals surface area contributed by atoms with Crippen molar-refractivity contribution in [2.75, 3.05) is 20.3 Å². The Hall–Kier alpha value is -2.00. The quantitative estimate of drug-likeness (QED) is 0.878. The van der Waals surface area contributed by atoms with Crippen molar-refractivity contribution in [2.24, 2.45) is 0 Å². The second kappa shape index (κ2) is 6.96. The molecule has 2 aromatic rings. The highest BCUT2D eigenvalue weighted by Crippen LogP contribution is 2.22. The molecule has 0 saturated heterocycles. The number of ether oxygens (including phenoxy) is 2. The van der Waals surface area contributed by atoms with Crippen molar-refractivity contribution in [2.45, 2.75) is 12.8 Å². The lowest BCUT2D eigenvalue weighted by Gasteiger charge is -2.18. The number of hydrogen-bond acceptors (Lipinski definition) is 3. The molecule has 0 fully saturated rings. The first-order chi connectivity index (χ1) is 9.74. The molecule has 0 aliphatic carbocycles. The SMILES string of the molecule is COc1ccc(OCC(CO)c2ccccc2C)cc1. The van der Waals surface area contributed by atoms with Crippen LogP contribution < -0.4 is 9.47 Å². The summed E-state index contributed by atoms with van der Waals surface area (Å²) in [5.74, 6) is 1.56. The number of hydrogen-bond donors (Lipinski definition) is 1. The van der Waals surface area contributed by atoms with Gasteiger partial charge in [0, 0.05) is 5.92 Å². The second-order valence-corrected chi connectivity index (χ2v) is 4.72. The van der Waals surface area contributed by atoms with Gasteiger partial charge in [-0.25, -0.2) is 0 Å². The topological polar surface area (TPSA) is 38.7 Å². The van der Waals surface area contributed by atoms with Crippen molar-refractivity contribution in [3.8, 4) is 11.5 Å². The van der Waals surface area contributed by atoms with Gasteiger partial charge in [0.2, 0.25) is 0 Å². The Morgan fingerprint density at radius 2 is 1.65 bits per heavy atom. The summed E-state index contributed by atoms with van der Waals surface area (Å²) in [4.78, 5) is 0. The Morgan fingerprint density at radius 1 is 1.00 bits per heavy atom. The van der Waals surface area contributed by atoms with E-state index in [9.17, 15) is 5.11 Å². The molecule has 0 heterocycles. The van der Waals surface area contributed by atoms with Crippen molar-refractivity contribution in [1.29, 1.82) is 0 Å². The zero-order valence-corrected chi connectivity index (χ0v) is 11.9. The Morgan fingerprint density at radius 3 is 2.25 bits per heavy atom. The predicted octanol–water partition coefficient (Wildman–Crippen LogP) is 3.16. The summed E-state index contributed by atoms with van der Waals surface area (Å²) in [5, 5.41) is 9.56. The molecule has 0 aliphatic rings. The maximum atomic E-state index is 9.56. The van der Waals surface area contributed by atoms with Crippen LogP contribution in [0, 0.1) is 6.92 Å². The summed E-state index contributed by atoms with van der Waals surface area (Å²) >= 11 is 0. The highest BCUT2D eigenvalue weighted by Gasteiger charge is 2.13. The number of aliphatic hydroxyl groups is 1. The van der Waals surface area contributed by atoms with Crippen LogP contribution >= 0.6 is 0 Å². The van der Waals surface area contributed by atoms with Gasteiger partial charge in [0.1, 0.15) is 11.5 Å². The first-order valence-corrected chi connectivity index (χ1v) is 6.68.